The monoisotopic (exact) mass is 666 g/mol. The van der Waals surface area contributed by atoms with Crippen LogP contribution >= 0.6 is 0 Å². The highest BCUT2D eigenvalue weighted by molar-refractivity contribution is 6.12. The molecule has 2 heteroatoms. The highest BCUT2D eigenvalue weighted by Crippen LogP contribution is 2.39. The Morgan fingerprint density at radius 1 is 0.300 bits per heavy atom. The molecule has 0 aliphatic carbocycles. The van der Waals surface area contributed by atoms with Gasteiger partial charge < -0.3 is 9.13 Å². The Balaban J connectivity index is 1.34. The summed E-state index contributed by atoms with van der Waals surface area (Å²) in [4.78, 5) is 0. The molecule has 0 spiro atoms. The first-order chi connectivity index (χ1) is 37.3. The number of hydrogen-bond acceptors (Lipinski definition) is 0. The Labute approximate surface area is 332 Å². The molecule has 2 nitrogen and oxygen atoms in total. The molecule has 8 aromatic carbocycles. The first-order valence-corrected chi connectivity index (χ1v) is 14.7. The zero-order valence-corrected chi connectivity index (χ0v) is 25.0. The summed E-state index contributed by atoms with van der Waals surface area (Å²) in [6.07, 6.45) is 0. The van der Waals surface area contributed by atoms with Gasteiger partial charge in [0, 0.05) is 32.9 Å². The number of nitrogens with zero attached hydrogens (tertiary/aromatic N) is 2. The largest absolute Gasteiger partial charge is 0.309 e. The maximum atomic E-state index is 9.85. The van der Waals surface area contributed by atoms with Gasteiger partial charge in [-0.15, -0.1) is 0 Å². The Kier molecular flexibility index (Phi) is 2.64. The van der Waals surface area contributed by atoms with Gasteiger partial charge in [0.1, 0.15) is 0 Å². The van der Waals surface area contributed by atoms with E-state index in [4.69, 9.17) is 31.5 Å². The molecule has 10 rings (SSSR count). The fourth-order valence-corrected chi connectivity index (χ4v) is 5.76. The molecule has 0 radical (unpaired) electrons. The molecule has 0 fully saturated rings. The topological polar surface area (TPSA) is 9.86 Å². The first kappa shape index (κ1) is 11.5. The zero-order valence-electron chi connectivity index (χ0n) is 55.0. The van der Waals surface area contributed by atoms with Gasteiger partial charge in [0.15, 0.2) is 0 Å². The van der Waals surface area contributed by atoms with Crippen LogP contribution < -0.4 is 0 Å². The van der Waals surface area contributed by atoms with Crippen molar-refractivity contribution in [3.05, 3.63) is 193 Å². The van der Waals surface area contributed by atoms with Crippen molar-refractivity contribution in [3.63, 3.8) is 0 Å². The number of hydrogen-bond donors (Lipinski definition) is 0. The molecular formula is C48H32N2. The van der Waals surface area contributed by atoms with Crippen molar-refractivity contribution in [1.29, 1.82) is 0 Å². The van der Waals surface area contributed by atoms with Crippen molar-refractivity contribution >= 4 is 43.6 Å². The fraction of sp³-hybridized carbons (Fsp3) is 0. The molecule has 2 heterocycles. The lowest BCUT2D eigenvalue weighted by Gasteiger charge is -2.11. The predicted octanol–water partition coefficient (Wildman–Crippen LogP) is 12.9. The van der Waals surface area contributed by atoms with Crippen molar-refractivity contribution in [2.24, 2.45) is 0 Å². The first-order valence-electron chi connectivity index (χ1n) is 29.7. The third-order valence-electron chi connectivity index (χ3n) is 7.92. The van der Waals surface area contributed by atoms with Crippen molar-refractivity contribution in [2.45, 2.75) is 0 Å². The molecule has 0 amide bonds. The van der Waals surface area contributed by atoms with E-state index in [9.17, 15) is 9.60 Å². The van der Waals surface area contributed by atoms with E-state index in [2.05, 4.69) is 0 Å². The number of fused-ring (bicyclic) bond motifs is 6. The Morgan fingerprint density at radius 3 is 1.52 bits per heavy atom. The van der Waals surface area contributed by atoms with E-state index in [1.54, 1.807) is 0 Å². The number of rotatable bonds is 5. The minimum absolute atomic E-state index is 0.285. The van der Waals surface area contributed by atoms with Crippen LogP contribution in [0.5, 0.6) is 0 Å². The Morgan fingerprint density at radius 2 is 0.800 bits per heavy atom. The highest BCUT2D eigenvalue weighted by Gasteiger charge is 2.16. The molecule has 0 aliphatic rings. The van der Waals surface area contributed by atoms with E-state index in [-0.39, 0.29) is 10.9 Å². The molecule has 0 unspecified atom stereocenters. The molecule has 0 aliphatic heterocycles. The summed E-state index contributed by atoms with van der Waals surface area (Å²) in [5.74, 6) is 0. The summed E-state index contributed by atoms with van der Waals surface area (Å²) in [6, 6.07) is -24.2. The third kappa shape index (κ3) is 4.57. The average molecular weight is 667 g/mol. The van der Waals surface area contributed by atoms with E-state index < -0.39 is 259 Å². The number of aromatic nitrogens is 2. The van der Waals surface area contributed by atoms with Crippen LogP contribution in [0.3, 0.4) is 0 Å². The molecular weight excluding hydrogens is 605 g/mol. The van der Waals surface area contributed by atoms with Crippen LogP contribution in [0.1, 0.15) is 41.1 Å². The second-order valence-corrected chi connectivity index (χ2v) is 10.7. The van der Waals surface area contributed by atoms with Crippen LogP contribution in [-0.2, 0) is 0 Å². The lowest BCUT2D eigenvalue weighted by Crippen LogP contribution is -1.94. The summed E-state index contributed by atoms with van der Waals surface area (Å²) in [5.41, 5.74) is -7.45. The van der Waals surface area contributed by atoms with Gasteiger partial charge >= 0.3 is 0 Å². The van der Waals surface area contributed by atoms with Gasteiger partial charge in [0.2, 0.25) is 0 Å². The van der Waals surface area contributed by atoms with Crippen molar-refractivity contribution in [3.8, 4) is 44.8 Å². The summed E-state index contributed by atoms with van der Waals surface area (Å²) in [5, 5.41) is -1.75. The van der Waals surface area contributed by atoms with Crippen LogP contribution in [0.2, 0.25) is 0 Å². The second-order valence-electron chi connectivity index (χ2n) is 10.7. The average Bonchev–Trinajstić information content (AvgIpc) is 3.78. The highest BCUT2D eigenvalue weighted by atomic mass is 15.0. The quantitative estimate of drug-likeness (QED) is 0.173. The smallest absolute Gasteiger partial charge is 0.0651 e. The molecule has 234 valence electrons. The standard InChI is InChI=1S/C48H32N2/c1-3-12-33(13-4-1)35-22-26-39(27-23-35)49-45-20-9-7-18-41(45)43-31-37(24-28-47(43)49)38-25-29-48-44(32-38)42-19-8-10-21-46(42)50(48)40-17-11-16-36(30-40)34-14-5-2-6-15-34/h1-32H/i1D,2D,3D,4D,5D,6D,7D,8D,9D,10D,11D,12D,13D,14D,15D,16D,17D,18D,19D,20D,21D,22D,23D,25D,26D,27D,28D,29D,30D,32D. The van der Waals surface area contributed by atoms with Crippen LogP contribution in [0.25, 0.3) is 88.4 Å². The van der Waals surface area contributed by atoms with Crippen molar-refractivity contribution in [1.82, 2.24) is 9.13 Å². The lowest BCUT2D eigenvalue weighted by atomic mass is 10.0. The SMILES string of the molecule is [2H]c1c([2H])c([2H])c(-c2c([2H])c([2H])c(-n3c4c([2H])cc(-c5c([2H])c([2H])c6c(c5[2H])c5c([2H])c([2H])c([2H])c([2H])c5n6-c5c([2H])c([2H])c([2H])c(-c6c([2H])c([2H])c([2H])c([2H])c6[2H])c5[2H])cc4c4c([2H])c([2H])c([2H])c([2H])c43)c([2H])c2[2H])c([2H])c1[2H]. The van der Waals surface area contributed by atoms with Gasteiger partial charge in [0.05, 0.1) is 63.2 Å². The molecule has 0 saturated carbocycles. The van der Waals surface area contributed by atoms with E-state index in [0.29, 0.717) is 0 Å². The summed E-state index contributed by atoms with van der Waals surface area (Å²) >= 11 is 0. The minimum atomic E-state index is -1.000. The summed E-state index contributed by atoms with van der Waals surface area (Å²) in [6.45, 7) is 0. The molecule has 2 aromatic heterocycles. The maximum Gasteiger partial charge on any atom is 0.0651 e. The molecule has 0 bridgehead atoms. The van der Waals surface area contributed by atoms with Crippen LogP contribution in [0.4, 0.5) is 0 Å². The fourth-order valence-electron chi connectivity index (χ4n) is 5.76. The van der Waals surface area contributed by atoms with Crippen LogP contribution in [0, 0.1) is 0 Å². The van der Waals surface area contributed by atoms with E-state index in [1.165, 1.54) is 0 Å². The van der Waals surface area contributed by atoms with E-state index in [1.807, 2.05) is 0 Å². The molecule has 0 saturated heterocycles. The molecule has 0 atom stereocenters. The molecule has 50 heavy (non-hydrogen) atoms. The van der Waals surface area contributed by atoms with Crippen molar-refractivity contribution < 1.29 is 41.1 Å². The third-order valence-corrected chi connectivity index (χ3v) is 7.92. The van der Waals surface area contributed by atoms with E-state index in [0.717, 1.165) is 21.3 Å². The normalized spacial score (nSPS) is 20.0. The zero-order chi connectivity index (χ0) is 59.1. The number of para-hydroxylation sites is 2. The number of benzene rings is 8. The van der Waals surface area contributed by atoms with E-state index >= 15 is 0 Å². The van der Waals surface area contributed by atoms with Gasteiger partial charge in [-0.3, -0.25) is 0 Å². The summed E-state index contributed by atoms with van der Waals surface area (Å²) in [7, 11) is 0. The lowest BCUT2D eigenvalue weighted by molar-refractivity contribution is 1.18. The van der Waals surface area contributed by atoms with Crippen LogP contribution in [0.15, 0.2) is 193 Å². The second kappa shape index (κ2) is 11.5. The van der Waals surface area contributed by atoms with Gasteiger partial charge in [-0.2, -0.15) is 0 Å². The van der Waals surface area contributed by atoms with Gasteiger partial charge in [-0.05, 0) is 93.8 Å². The molecule has 0 N–H and O–H groups in total. The predicted molar refractivity (Wildman–Crippen MR) is 211 cm³/mol. The molecule has 10 aromatic rings. The van der Waals surface area contributed by atoms with Crippen LogP contribution in [-0.4, -0.2) is 9.13 Å². The van der Waals surface area contributed by atoms with Gasteiger partial charge in [-0.1, -0.05) is 133 Å². The summed E-state index contributed by atoms with van der Waals surface area (Å²) < 4.78 is 268. The van der Waals surface area contributed by atoms with Crippen molar-refractivity contribution in [2.75, 3.05) is 0 Å². The Hall–Kier alpha value is -6.64. The maximum absolute atomic E-state index is 9.85. The minimum Gasteiger partial charge on any atom is -0.309 e. The Bertz CT molecular complexity index is 4510. The van der Waals surface area contributed by atoms with Gasteiger partial charge in [-0.25, -0.2) is 0 Å². The van der Waals surface area contributed by atoms with Gasteiger partial charge in [0.25, 0.3) is 0 Å².